The van der Waals surface area contributed by atoms with E-state index in [1.165, 1.54) is 21.6 Å². The summed E-state index contributed by atoms with van der Waals surface area (Å²) in [7, 11) is 0. The Morgan fingerprint density at radius 2 is 1.84 bits per heavy atom. The molecule has 1 aromatic carbocycles. The molecule has 2 atom stereocenters. The molecule has 5 nitrogen and oxygen atoms in total. The van der Waals surface area contributed by atoms with Crippen molar-refractivity contribution in [2.75, 3.05) is 32.7 Å². The van der Waals surface area contributed by atoms with Crippen molar-refractivity contribution in [3.63, 3.8) is 0 Å². The molecule has 0 spiro atoms. The van der Waals surface area contributed by atoms with Crippen molar-refractivity contribution in [3.05, 3.63) is 57.3 Å². The number of carbonyl (C=O) groups excluding carboxylic acids is 2. The average Bonchev–Trinajstić information content (AvgIpc) is 3.22. The van der Waals surface area contributed by atoms with E-state index in [9.17, 15) is 9.59 Å². The Balaban J connectivity index is 1.48. The SMILES string of the molecule is Cc1ccc([C@@H]2c3ccsc3CCN2CC(=O)N2CCN(C(=O)C(C)C)[C@H](C)C2)cc1. The van der Waals surface area contributed by atoms with E-state index in [4.69, 9.17) is 0 Å². The first-order valence-corrected chi connectivity index (χ1v) is 12.2. The summed E-state index contributed by atoms with van der Waals surface area (Å²) in [5.41, 5.74) is 3.84. The summed E-state index contributed by atoms with van der Waals surface area (Å²) >= 11 is 1.82. The maximum atomic E-state index is 13.3. The van der Waals surface area contributed by atoms with E-state index in [0.717, 1.165) is 13.0 Å². The van der Waals surface area contributed by atoms with Gasteiger partial charge in [0.1, 0.15) is 0 Å². The van der Waals surface area contributed by atoms with E-state index < -0.39 is 0 Å². The predicted molar refractivity (Wildman–Crippen MR) is 125 cm³/mol. The molecule has 6 heteroatoms. The average molecular weight is 440 g/mol. The number of amides is 2. The molecule has 3 heterocycles. The molecule has 31 heavy (non-hydrogen) atoms. The molecule has 0 aliphatic carbocycles. The smallest absolute Gasteiger partial charge is 0.236 e. The van der Waals surface area contributed by atoms with Gasteiger partial charge in [0.05, 0.1) is 12.6 Å². The number of rotatable bonds is 4. The van der Waals surface area contributed by atoms with Gasteiger partial charge in [-0.3, -0.25) is 14.5 Å². The zero-order valence-electron chi connectivity index (χ0n) is 19.0. The Labute approximate surface area is 189 Å². The molecule has 1 aromatic heterocycles. The lowest BCUT2D eigenvalue weighted by Gasteiger charge is -2.42. The molecule has 0 N–H and O–H groups in total. The Morgan fingerprint density at radius 3 is 2.52 bits per heavy atom. The maximum Gasteiger partial charge on any atom is 0.236 e. The van der Waals surface area contributed by atoms with Crippen molar-refractivity contribution in [3.8, 4) is 0 Å². The molecule has 0 saturated carbocycles. The monoisotopic (exact) mass is 439 g/mol. The van der Waals surface area contributed by atoms with E-state index in [2.05, 4.69) is 47.5 Å². The van der Waals surface area contributed by atoms with E-state index in [1.807, 2.05) is 41.9 Å². The molecule has 0 unspecified atom stereocenters. The van der Waals surface area contributed by atoms with Crippen LogP contribution < -0.4 is 0 Å². The van der Waals surface area contributed by atoms with E-state index in [1.54, 1.807) is 0 Å². The molecule has 1 saturated heterocycles. The summed E-state index contributed by atoms with van der Waals surface area (Å²) in [5, 5.41) is 2.17. The van der Waals surface area contributed by atoms with E-state index >= 15 is 0 Å². The van der Waals surface area contributed by atoms with Crippen LogP contribution in [0.15, 0.2) is 35.7 Å². The van der Waals surface area contributed by atoms with Gasteiger partial charge in [0.15, 0.2) is 0 Å². The van der Waals surface area contributed by atoms with Crippen LogP contribution in [0, 0.1) is 12.8 Å². The van der Waals surface area contributed by atoms with Crippen molar-refractivity contribution in [1.29, 1.82) is 0 Å². The molecular formula is C25H33N3O2S. The van der Waals surface area contributed by atoms with Crippen LogP contribution in [0.4, 0.5) is 0 Å². The van der Waals surface area contributed by atoms with Crippen molar-refractivity contribution in [1.82, 2.24) is 14.7 Å². The molecule has 0 bridgehead atoms. The quantitative estimate of drug-likeness (QED) is 0.729. The van der Waals surface area contributed by atoms with Crippen molar-refractivity contribution in [2.45, 2.75) is 46.2 Å². The predicted octanol–water partition coefficient (Wildman–Crippen LogP) is 3.72. The number of carbonyl (C=O) groups is 2. The van der Waals surface area contributed by atoms with Crippen LogP contribution in [0.1, 0.15) is 48.4 Å². The van der Waals surface area contributed by atoms with Crippen LogP contribution in [-0.4, -0.2) is 65.3 Å². The summed E-state index contributed by atoms with van der Waals surface area (Å²) in [6.07, 6.45) is 0.996. The highest BCUT2D eigenvalue weighted by Crippen LogP contribution is 2.37. The Bertz CT molecular complexity index is 936. The molecule has 4 rings (SSSR count). The Hall–Kier alpha value is -2.18. The minimum absolute atomic E-state index is 0.00637. The second-order valence-electron chi connectivity index (χ2n) is 9.21. The summed E-state index contributed by atoms with van der Waals surface area (Å²) < 4.78 is 0. The van der Waals surface area contributed by atoms with Crippen molar-refractivity contribution >= 4 is 23.2 Å². The third kappa shape index (κ3) is 4.55. The van der Waals surface area contributed by atoms with Crippen LogP contribution in [0.5, 0.6) is 0 Å². The fourth-order valence-electron chi connectivity index (χ4n) is 4.79. The van der Waals surface area contributed by atoms with Gasteiger partial charge < -0.3 is 9.80 Å². The number of nitrogens with zero attached hydrogens (tertiary/aromatic N) is 3. The molecule has 2 aliphatic heterocycles. The zero-order valence-corrected chi connectivity index (χ0v) is 19.8. The topological polar surface area (TPSA) is 43.9 Å². The highest BCUT2D eigenvalue weighted by molar-refractivity contribution is 7.10. The van der Waals surface area contributed by atoms with Crippen LogP contribution in [0.2, 0.25) is 0 Å². The fraction of sp³-hybridized carbons (Fsp3) is 0.520. The Kier molecular flexibility index (Phi) is 6.49. The van der Waals surface area contributed by atoms with Crippen LogP contribution in [0.25, 0.3) is 0 Å². The number of thiophene rings is 1. The minimum atomic E-state index is -0.00637. The number of aryl methyl sites for hydroxylation is 1. The summed E-state index contributed by atoms with van der Waals surface area (Å²) in [4.78, 5) is 33.4. The van der Waals surface area contributed by atoms with Gasteiger partial charge in [0.25, 0.3) is 0 Å². The summed E-state index contributed by atoms with van der Waals surface area (Å²) in [6.45, 7) is 11.2. The molecule has 2 aromatic rings. The minimum Gasteiger partial charge on any atom is -0.338 e. The van der Waals surface area contributed by atoms with Gasteiger partial charge >= 0.3 is 0 Å². The number of hydrogen-bond acceptors (Lipinski definition) is 4. The van der Waals surface area contributed by atoms with Gasteiger partial charge in [-0.2, -0.15) is 0 Å². The number of fused-ring (bicyclic) bond motifs is 1. The third-order valence-electron chi connectivity index (χ3n) is 6.55. The Morgan fingerprint density at radius 1 is 1.10 bits per heavy atom. The number of hydrogen-bond donors (Lipinski definition) is 0. The summed E-state index contributed by atoms with van der Waals surface area (Å²) in [6, 6.07) is 11.1. The highest BCUT2D eigenvalue weighted by atomic mass is 32.1. The van der Waals surface area contributed by atoms with E-state index in [-0.39, 0.29) is 29.8 Å². The van der Waals surface area contributed by atoms with Gasteiger partial charge in [-0.15, -0.1) is 11.3 Å². The molecule has 2 amide bonds. The first-order chi connectivity index (χ1) is 14.8. The first-order valence-electron chi connectivity index (χ1n) is 11.3. The van der Waals surface area contributed by atoms with E-state index in [0.29, 0.717) is 26.2 Å². The number of piperazine rings is 1. The van der Waals surface area contributed by atoms with Crippen LogP contribution in [-0.2, 0) is 16.0 Å². The summed E-state index contributed by atoms with van der Waals surface area (Å²) in [5.74, 6) is 0.340. The molecule has 1 fully saturated rings. The van der Waals surface area contributed by atoms with Crippen LogP contribution >= 0.6 is 11.3 Å². The molecule has 166 valence electrons. The molecular weight excluding hydrogens is 406 g/mol. The third-order valence-corrected chi connectivity index (χ3v) is 7.55. The highest BCUT2D eigenvalue weighted by Gasteiger charge is 2.34. The largest absolute Gasteiger partial charge is 0.338 e. The first kappa shape index (κ1) is 22.0. The fourth-order valence-corrected chi connectivity index (χ4v) is 5.70. The van der Waals surface area contributed by atoms with Gasteiger partial charge in [-0.05, 0) is 42.8 Å². The lowest BCUT2D eigenvalue weighted by molar-refractivity contribution is -0.145. The maximum absolute atomic E-state index is 13.3. The van der Waals surface area contributed by atoms with Gasteiger partial charge in [0, 0.05) is 43.0 Å². The second-order valence-corrected chi connectivity index (χ2v) is 10.2. The standard InChI is InChI=1S/C25H33N3O2S/c1-17(2)25(30)28-13-12-26(15-19(28)4)23(29)16-27-11-9-22-21(10-14-31-22)24(27)20-7-5-18(3)6-8-20/h5-8,10,14,17,19,24H,9,11-13,15-16H2,1-4H3/t19-,24-/m1/s1. The number of benzene rings is 1. The van der Waals surface area contributed by atoms with Crippen LogP contribution in [0.3, 0.4) is 0 Å². The molecule has 2 aliphatic rings. The van der Waals surface area contributed by atoms with Crippen molar-refractivity contribution in [2.24, 2.45) is 5.92 Å². The second kappa shape index (κ2) is 9.13. The van der Waals surface area contributed by atoms with Gasteiger partial charge in [-0.1, -0.05) is 43.7 Å². The van der Waals surface area contributed by atoms with Gasteiger partial charge in [-0.25, -0.2) is 0 Å². The normalized spacial score (nSPS) is 22.0. The van der Waals surface area contributed by atoms with Gasteiger partial charge in [0.2, 0.25) is 11.8 Å². The lowest BCUT2D eigenvalue weighted by Crippen LogP contribution is -2.57. The zero-order chi connectivity index (χ0) is 22.1. The van der Waals surface area contributed by atoms with Crippen molar-refractivity contribution < 1.29 is 9.59 Å². The molecule has 0 radical (unpaired) electrons. The lowest BCUT2D eigenvalue weighted by atomic mass is 9.92.